The molecule has 0 saturated carbocycles. The van der Waals surface area contributed by atoms with Gasteiger partial charge in [0.15, 0.2) is 0 Å². The number of para-hydroxylation sites is 2. The van der Waals surface area contributed by atoms with Crippen molar-refractivity contribution in [1.29, 1.82) is 0 Å². The van der Waals surface area contributed by atoms with E-state index in [2.05, 4.69) is 16.3 Å². The molecule has 1 aromatic carbocycles. The van der Waals surface area contributed by atoms with E-state index in [4.69, 9.17) is 11.6 Å². The van der Waals surface area contributed by atoms with Gasteiger partial charge in [0, 0.05) is 25.4 Å². The predicted molar refractivity (Wildman–Crippen MR) is 76.5 cm³/mol. The molecule has 0 radical (unpaired) electrons. The maximum absolute atomic E-state index is 11.8. The maximum atomic E-state index is 11.8. The molecule has 1 heterocycles. The molecule has 0 aliphatic carbocycles. The van der Waals surface area contributed by atoms with Crippen LogP contribution in [0.5, 0.6) is 0 Å². The summed E-state index contributed by atoms with van der Waals surface area (Å²) in [4.78, 5) is 14.1. The lowest BCUT2D eigenvalue weighted by molar-refractivity contribution is -0.116. The van der Waals surface area contributed by atoms with Crippen LogP contribution in [0.4, 0.5) is 11.4 Å². The first-order valence-corrected chi connectivity index (χ1v) is 7.04. The molecule has 0 aromatic heterocycles. The second-order valence-corrected chi connectivity index (χ2v) is 4.93. The highest BCUT2D eigenvalue weighted by atomic mass is 35.5. The monoisotopic (exact) mass is 266 g/mol. The Morgan fingerprint density at radius 3 is 2.72 bits per heavy atom. The Hall–Kier alpha value is -1.22. The number of alkyl halides is 1. The number of carbonyl (C=O) groups is 1. The van der Waals surface area contributed by atoms with Crippen molar-refractivity contribution in [3.8, 4) is 0 Å². The molecular formula is C14H19ClN2O. The first-order chi connectivity index (χ1) is 8.81. The van der Waals surface area contributed by atoms with Crippen molar-refractivity contribution in [3.63, 3.8) is 0 Å². The Morgan fingerprint density at radius 2 is 2.00 bits per heavy atom. The normalized spacial score (nSPS) is 14.8. The van der Waals surface area contributed by atoms with Gasteiger partial charge in [0.05, 0.1) is 11.4 Å². The van der Waals surface area contributed by atoms with Crippen molar-refractivity contribution < 1.29 is 4.79 Å². The van der Waals surface area contributed by atoms with E-state index in [1.165, 1.54) is 12.8 Å². The summed E-state index contributed by atoms with van der Waals surface area (Å²) in [5.41, 5.74) is 2.05. The summed E-state index contributed by atoms with van der Waals surface area (Å²) < 4.78 is 0. The summed E-state index contributed by atoms with van der Waals surface area (Å²) in [5.74, 6) is 0.573. The smallest absolute Gasteiger partial charge is 0.224 e. The number of hydrogen-bond acceptors (Lipinski definition) is 2. The zero-order chi connectivity index (χ0) is 12.8. The predicted octanol–water partition coefficient (Wildman–Crippen LogP) is 3.24. The molecular weight excluding hydrogens is 248 g/mol. The van der Waals surface area contributed by atoms with E-state index in [0.717, 1.165) is 30.9 Å². The Morgan fingerprint density at radius 1 is 1.28 bits per heavy atom. The van der Waals surface area contributed by atoms with Gasteiger partial charge in [0.1, 0.15) is 0 Å². The van der Waals surface area contributed by atoms with Crippen LogP contribution in [-0.2, 0) is 4.79 Å². The van der Waals surface area contributed by atoms with Gasteiger partial charge in [-0.05, 0) is 31.4 Å². The van der Waals surface area contributed by atoms with Crippen LogP contribution in [-0.4, -0.2) is 24.9 Å². The number of anilines is 2. The minimum Gasteiger partial charge on any atom is -0.370 e. The minimum absolute atomic E-state index is 0.0438. The van der Waals surface area contributed by atoms with Crippen LogP contribution in [0.25, 0.3) is 0 Å². The van der Waals surface area contributed by atoms with Crippen LogP contribution in [0.2, 0.25) is 0 Å². The standard InChI is InChI=1S/C14H19ClN2O/c15-9-5-8-14(18)16-12-6-1-2-7-13(12)17-10-3-4-11-17/h1-2,6-7H,3-5,8-11H2,(H,16,18). The maximum Gasteiger partial charge on any atom is 0.224 e. The quantitative estimate of drug-likeness (QED) is 0.830. The second-order valence-electron chi connectivity index (χ2n) is 4.55. The van der Waals surface area contributed by atoms with Crippen molar-refractivity contribution in [2.24, 2.45) is 0 Å². The van der Waals surface area contributed by atoms with Crippen molar-refractivity contribution in [2.45, 2.75) is 25.7 Å². The van der Waals surface area contributed by atoms with Crippen molar-refractivity contribution >= 4 is 28.9 Å². The highest BCUT2D eigenvalue weighted by Crippen LogP contribution is 2.28. The van der Waals surface area contributed by atoms with E-state index in [1.807, 2.05) is 18.2 Å². The summed E-state index contributed by atoms with van der Waals surface area (Å²) in [6.07, 6.45) is 3.67. The number of nitrogens with one attached hydrogen (secondary N) is 1. The molecule has 4 heteroatoms. The van der Waals surface area contributed by atoms with Crippen LogP contribution < -0.4 is 10.2 Å². The molecule has 0 bridgehead atoms. The number of rotatable bonds is 5. The van der Waals surface area contributed by atoms with Crippen molar-refractivity contribution in [3.05, 3.63) is 24.3 Å². The number of halogens is 1. The third-order valence-corrected chi connectivity index (χ3v) is 3.43. The number of benzene rings is 1. The van der Waals surface area contributed by atoms with Crippen molar-refractivity contribution in [2.75, 3.05) is 29.2 Å². The molecule has 1 saturated heterocycles. The zero-order valence-corrected chi connectivity index (χ0v) is 11.2. The van der Waals surface area contributed by atoms with Crippen LogP contribution in [0.3, 0.4) is 0 Å². The number of nitrogens with zero attached hydrogens (tertiary/aromatic N) is 1. The van der Waals surface area contributed by atoms with Gasteiger partial charge in [-0.3, -0.25) is 4.79 Å². The highest BCUT2D eigenvalue weighted by Gasteiger charge is 2.16. The van der Waals surface area contributed by atoms with Gasteiger partial charge in [0.2, 0.25) is 5.91 Å². The Labute approximate surface area is 113 Å². The lowest BCUT2D eigenvalue weighted by Crippen LogP contribution is -2.21. The van der Waals surface area contributed by atoms with E-state index >= 15 is 0 Å². The van der Waals surface area contributed by atoms with Gasteiger partial charge in [-0.25, -0.2) is 0 Å². The summed E-state index contributed by atoms with van der Waals surface area (Å²) >= 11 is 5.60. The van der Waals surface area contributed by atoms with Crippen molar-refractivity contribution in [1.82, 2.24) is 0 Å². The first-order valence-electron chi connectivity index (χ1n) is 6.51. The molecule has 18 heavy (non-hydrogen) atoms. The minimum atomic E-state index is 0.0438. The summed E-state index contributed by atoms with van der Waals surface area (Å²) in [5, 5.41) is 2.98. The van der Waals surface area contributed by atoms with E-state index in [1.54, 1.807) is 0 Å². The van der Waals surface area contributed by atoms with Gasteiger partial charge in [-0.2, -0.15) is 0 Å². The van der Waals surface area contributed by atoms with Crippen LogP contribution >= 0.6 is 11.6 Å². The molecule has 1 aromatic rings. The fourth-order valence-electron chi connectivity index (χ4n) is 2.25. The molecule has 1 fully saturated rings. The van der Waals surface area contributed by atoms with Crippen LogP contribution in [0.1, 0.15) is 25.7 Å². The highest BCUT2D eigenvalue weighted by molar-refractivity contribution is 6.18. The van der Waals surface area contributed by atoms with Crippen LogP contribution in [0, 0.1) is 0 Å². The fourth-order valence-corrected chi connectivity index (χ4v) is 2.39. The van der Waals surface area contributed by atoms with Gasteiger partial charge in [0.25, 0.3) is 0 Å². The summed E-state index contributed by atoms with van der Waals surface area (Å²) in [6, 6.07) is 8.01. The molecule has 1 aliphatic heterocycles. The Bertz CT molecular complexity index is 403. The topological polar surface area (TPSA) is 32.3 Å². The summed E-state index contributed by atoms with van der Waals surface area (Å²) in [6.45, 7) is 2.16. The molecule has 1 N–H and O–H groups in total. The van der Waals surface area contributed by atoms with E-state index in [0.29, 0.717) is 12.3 Å². The molecule has 2 rings (SSSR count). The Kier molecular flexibility index (Phi) is 4.88. The largest absolute Gasteiger partial charge is 0.370 e. The fraction of sp³-hybridized carbons (Fsp3) is 0.500. The molecule has 1 amide bonds. The SMILES string of the molecule is O=C(CCCCl)Nc1ccccc1N1CCCC1. The van der Waals surface area contributed by atoms with E-state index in [9.17, 15) is 4.79 Å². The van der Waals surface area contributed by atoms with Gasteiger partial charge >= 0.3 is 0 Å². The van der Waals surface area contributed by atoms with Gasteiger partial charge < -0.3 is 10.2 Å². The lowest BCUT2D eigenvalue weighted by Gasteiger charge is -2.21. The van der Waals surface area contributed by atoms with Gasteiger partial charge in [-0.15, -0.1) is 11.6 Å². The first kappa shape index (κ1) is 13.2. The van der Waals surface area contributed by atoms with E-state index in [-0.39, 0.29) is 5.91 Å². The number of carbonyl (C=O) groups excluding carboxylic acids is 1. The number of hydrogen-bond donors (Lipinski definition) is 1. The second kappa shape index (κ2) is 6.64. The lowest BCUT2D eigenvalue weighted by atomic mass is 10.2. The average Bonchev–Trinajstić information content (AvgIpc) is 2.91. The zero-order valence-electron chi connectivity index (χ0n) is 10.5. The summed E-state index contributed by atoms with van der Waals surface area (Å²) in [7, 11) is 0. The third-order valence-electron chi connectivity index (χ3n) is 3.16. The molecule has 0 unspecified atom stereocenters. The molecule has 98 valence electrons. The Balaban J connectivity index is 2.05. The number of amides is 1. The van der Waals surface area contributed by atoms with Gasteiger partial charge in [-0.1, -0.05) is 12.1 Å². The third kappa shape index (κ3) is 3.39. The average molecular weight is 267 g/mol. The molecule has 0 spiro atoms. The van der Waals surface area contributed by atoms with E-state index < -0.39 is 0 Å². The molecule has 0 atom stereocenters. The molecule has 1 aliphatic rings. The molecule has 3 nitrogen and oxygen atoms in total. The van der Waals surface area contributed by atoms with Crippen LogP contribution in [0.15, 0.2) is 24.3 Å².